The predicted octanol–water partition coefficient (Wildman–Crippen LogP) is 4.09. The highest BCUT2D eigenvalue weighted by Gasteiger charge is 2.17. The van der Waals surface area contributed by atoms with Crippen LogP contribution in [-0.4, -0.2) is 12.4 Å². The molecule has 0 aromatic heterocycles. The Morgan fingerprint density at radius 2 is 2.12 bits per heavy atom. The summed E-state index contributed by atoms with van der Waals surface area (Å²) in [4.78, 5) is 12.2. The van der Waals surface area contributed by atoms with Gasteiger partial charge in [-0.15, -0.1) is 0 Å². The molecule has 0 amide bonds. The summed E-state index contributed by atoms with van der Waals surface area (Å²) in [6.07, 6.45) is 3.28. The van der Waals surface area contributed by atoms with Gasteiger partial charge in [-0.2, -0.15) is 0 Å². The fraction of sp³-hybridized carbons (Fsp3) is 0.250. The second kappa shape index (κ2) is 5.15. The van der Waals surface area contributed by atoms with Crippen molar-refractivity contribution in [3.63, 3.8) is 0 Å². The number of hydrogen-bond donors (Lipinski definition) is 0. The van der Waals surface area contributed by atoms with Crippen molar-refractivity contribution >= 4 is 37.6 Å². The molecule has 1 heterocycles. The Kier molecular flexibility index (Phi) is 3.82. The molecule has 0 spiro atoms. The summed E-state index contributed by atoms with van der Waals surface area (Å²) in [6.45, 7) is 0.705. The van der Waals surface area contributed by atoms with E-state index in [2.05, 4.69) is 31.9 Å². The first-order valence-electron chi connectivity index (χ1n) is 4.99. The van der Waals surface area contributed by atoms with Gasteiger partial charge < -0.3 is 4.74 Å². The minimum atomic E-state index is 0.0351. The molecule has 0 saturated heterocycles. The number of hydrogen-bond acceptors (Lipinski definition) is 2. The summed E-state index contributed by atoms with van der Waals surface area (Å²) in [5.41, 5.74) is 1.41. The zero-order valence-corrected chi connectivity index (χ0v) is 11.7. The molecule has 2 nitrogen and oxygen atoms in total. The fourth-order valence-corrected chi connectivity index (χ4v) is 2.36. The van der Waals surface area contributed by atoms with E-state index in [9.17, 15) is 4.79 Å². The molecule has 0 saturated carbocycles. The standard InChI is InChI=1S/C12H10Br2O2/c13-9-3-4-11(14)10(6-9)12(15)8-2-1-5-16-7-8/h3-4,6-7H,1-2,5H2. The maximum Gasteiger partial charge on any atom is 0.193 e. The highest BCUT2D eigenvalue weighted by Crippen LogP contribution is 2.26. The van der Waals surface area contributed by atoms with Crippen LogP contribution in [0.5, 0.6) is 0 Å². The van der Waals surface area contributed by atoms with E-state index in [0.717, 1.165) is 27.4 Å². The van der Waals surface area contributed by atoms with E-state index in [1.165, 1.54) is 0 Å². The van der Waals surface area contributed by atoms with Gasteiger partial charge >= 0.3 is 0 Å². The SMILES string of the molecule is O=C(C1=COCCC1)c1cc(Br)ccc1Br. The van der Waals surface area contributed by atoms with Gasteiger partial charge in [-0.05, 0) is 31.0 Å². The fourth-order valence-electron chi connectivity index (χ4n) is 1.58. The zero-order chi connectivity index (χ0) is 11.5. The highest BCUT2D eigenvalue weighted by molar-refractivity contribution is 9.11. The smallest absolute Gasteiger partial charge is 0.193 e. The van der Waals surface area contributed by atoms with E-state index >= 15 is 0 Å². The van der Waals surface area contributed by atoms with Crippen LogP contribution in [0.3, 0.4) is 0 Å². The van der Waals surface area contributed by atoms with E-state index in [1.807, 2.05) is 18.2 Å². The van der Waals surface area contributed by atoms with Gasteiger partial charge in [0.2, 0.25) is 0 Å². The average molecular weight is 346 g/mol. The van der Waals surface area contributed by atoms with Crippen LogP contribution in [0, 0.1) is 0 Å². The van der Waals surface area contributed by atoms with Crippen molar-refractivity contribution in [1.82, 2.24) is 0 Å². The molecule has 0 bridgehead atoms. The quantitative estimate of drug-likeness (QED) is 0.754. The molecule has 84 valence electrons. The molecular formula is C12H10Br2O2. The van der Waals surface area contributed by atoms with Gasteiger partial charge in [-0.3, -0.25) is 4.79 Å². The Morgan fingerprint density at radius 1 is 1.31 bits per heavy atom. The maximum absolute atomic E-state index is 12.2. The molecule has 0 N–H and O–H groups in total. The van der Waals surface area contributed by atoms with E-state index in [4.69, 9.17) is 4.74 Å². The second-order valence-electron chi connectivity index (χ2n) is 3.57. The lowest BCUT2D eigenvalue weighted by Gasteiger charge is -2.13. The average Bonchev–Trinajstić information content (AvgIpc) is 2.32. The first-order chi connectivity index (χ1) is 7.68. The molecule has 1 aromatic carbocycles. The van der Waals surface area contributed by atoms with Crippen LogP contribution in [0.2, 0.25) is 0 Å². The molecule has 0 radical (unpaired) electrons. The third kappa shape index (κ3) is 2.55. The number of rotatable bonds is 2. The number of carbonyl (C=O) groups is 1. The van der Waals surface area contributed by atoms with Crippen LogP contribution in [0.15, 0.2) is 39.0 Å². The van der Waals surface area contributed by atoms with Crippen LogP contribution in [-0.2, 0) is 4.74 Å². The lowest BCUT2D eigenvalue weighted by atomic mass is 10.00. The second-order valence-corrected chi connectivity index (χ2v) is 5.34. The minimum Gasteiger partial charge on any atom is -0.501 e. The largest absolute Gasteiger partial charge is 0.501 e. The molecule has 0 fully saturated rings. The summed E-state index contributed by atoms with van der Waals surface area (Å²) in [5, 5.41) is 0. The van der Waals surface area contributed by atoms with Crippen LogP contribution in [0.25, 0.3) is 0 Å². The van der Waals surface area contributed by atoms with E-state index in [0.29, 0.717) is 12.2 Å². The first kappa shape index (κ1) is 11.9. The molecule has 1 aromatic rings. The van der Waals surface area contributed by atoms with Crippen molar-refractivity contribution in [2.75, 3.05) is 6.61 Å². The number of carbonyl (C=O) groups excluding carboxylic acids is 1. The topological polar surface area (TPSA) is 26.3 Å². The Labute approximate surface area is 111 Å². The molecule has 4 heteroatoms. The number of ether oxygens (including phenoxy) is 1. The molecule has 16 heavy (non-hydrogen) atoms. The van der Waals surface area contributed by atoms with Gasteiger partial charge in [0.25, 0.3) is 0 Å². The Hall–Kier alpha value is -0.610. The first-order valence-corrected chi connectivity index (χ1v) is 6.57. The number of halogens is 2. The summed E-state index contributed by atoms with van der Waals surface area (Å²) < 4.78 is 6.90. The third-order valence-electron chi connectivity index (χ3n) is 2.40. The van der Waals surface area contributed by atoms with Crippen LogP contribution < -0.4 is 0 Å². The number of Topliss-reactive ketones (excluding diaryl/α,β-unsaturated/α-hetero) is 1. The molecule has 0 aliphatic carbocycles. The third-order valence-corrected chi connectivity index (χ3v) is 3.58. The van der Waals surface area contributed by atoms with Gasteiger partial charge in [0, 0.05) is 20.1 Å². The van der Waals surface area contributed by atoms with Gasteiger partial charge in [0.1, 0.15) is 0 Å². The summed E-state index contributed by atoms with van der Waals surface area (Å²) in [7, 11) is 0. The van der Waals surface area contributed by atoms with E-state index in [1.54, 1.807) is 6.26 Å². The molecular weight excluding hydrogens is 336 g/mol. The molecule has 0 unspecified atom stereocenters. The Bertz CT molecular complexity index is 452. The number of ketones is 1. The van der Waals surface area contributed by atoms with Crippen molar-refractivity contribution in [3.05, 3.63) is 44.5 Å². The van der Waals surface area contributed by atoms with Gasteiger partial charge in [0.05, 0.1) is 12.9 Å². The van der Waals surface area contributed by atoms with Crippen molar-refractivity contribution < 1.29 is 9.53 Å². The van der Waals surface area contributed by atoms with Crippen LogP contribution in [0.1, 0.15) is 23.2 Å². The van der Waals surface area contributed by atoms with E-state index in [-0.39, 0.29) is 5.78 Å². The van der Waals surface area contributed by atoms with Gasteiger partial charge in [0.15, 0.2) is 5.78 Å². The zero-order valence-electron chi connectivity index (χ0n) is 8.50. The van der Waals surface area contributed by atoms with Crippen molar-refractivity contribution in [2.24, 2.45) is 0 Å². The summed E-state index contributed by atoms with van der Waals surface area (Å²) in [6, 6.07) is 5.58. The monoisotopic (exact) mass is 344 g/mol. The number of benzene rings is 1. The minimum absolute atomic E-state index is 0.0351. The van der Waals surface area contributed by atoms with Crippen molar-refractivity contribution in [2.45, 2.75) is 12.8 Å². The molecule has 0 atom stereocenters. The highest BCUT2D eigenvalue weighted by atomic mass is 79.9. The van der Waals surface area contributed by atoms with Gasteiger partial charge in [-0.1, -0.05) is 31.9 Å². The van der Waals surface area contributed by atoms with Crippen LogP contribution in [0.4, 0.5) is 0 Å². The molecule has 2 rings (SSSR count). The van der Waals surface area contributed by atoms with Crippen LogP contribution >= 0.6 is 31.9 Å². The summed E-state index contributed by atoms with van der Waals surface area (Å²) in [5.74, 6) is 0.0351. The lowest BCUT2D eigenvalue weighted by Crippen LogP contribution is -2.09. The molecule has 1 aliphatic rings. The van der Waals surface area contributed by atoms with Crippen molar-refractivity contribution in [1.29, 1.82) is 0 Å². The van der Waals surface area contributed by atoms with E-state index < -0.39 is 0 Å². The number of allylic oxidation sites excluding steroid dienone is 1. The normalized spacial score (nSPS) is 15.2. The predicted molar refractivity (Wildman–Crippen MR) is 69.4 cm³/mol. The Morgan fingerprint density at radius 3 is 2.81 bits per heavy atom. The molecule has 1 aliphatic heterocycles. The lowest BCUT2D eigenvalue weighted by molar-refractivity contribution is 0.101. The maximum atomic E-state index is 12.2. The Balaban J connectivity index is 2.33. The summed E-state index contributed by atoms with van der Waals surface area (Å²) >= 11 is 6.75. The van der Waals surface area contributed by atoms with Crippen molar-refractivity contribution in [3.8, 4) is 0 Å². The van der Waals surface area contributed by atoms with Gasteiger partial charge in [-0.25, -0.2) is 0 Å².